The molecular weight excluding hydrogens is 630 g/mol. The van der Waals surface area contributed by atoms with E-state index in [-0.39, 0.29) is 35.5 Å². The summed E-state index contributed by atoms with van der Waals surface area (Å²) in [6.45, 7) is 16.4. The van der Waals surface area contributed by atoms with Crippen LogP contribution in [0.5, 0.6) is 0 Å². The molecular formula is C36H46ClN5O4Si. The summed E-state index contributed by atoms with van der Waals surface area (Å²) >= 11 is 6.54. The van der Waals surface area contributed by atoms with Crippen LogP contribution >= 0.6 is 11.6 Å². The largest absolute Gasteiger partial charge is 0.413 e. The maximum atomic E-state index is 13.7. The summed E-state index contributed by atoms with van der Waals surface area (Å²) in [5.41, 5.74) is 6.43. The number of benzene rings is 2. The van der Waals surface area contributed by atoms with Gasteiger partial charge in [-0.05, 0) is 72.6 Å². The van der Waals surface area contributed by atoms with E-state index in [2.05, 4.69) is 69.3 Å². The van der Waals surface area contributed by atoms with Gasteiger partial charge in [0.2, 0.25) is 11.9 Å². The van der Waals surface area contributed by atoms with Gasteiger partial charge in [-0.1, -0.05) is 62.7 Å². The van der Waals surface area contributed by atoms with Crippen molar-refractivity contribution in [3.05, 3.63) is 75.4 Å². The van der Waals surface area contributed by atoms with Gasteiger partial charge in [-0.25, -0.2) is 9.97 Å². The molecule has 0 saturated carbocycles. The Bertz CT molecular complexity index is 1670. The number of fused-ring (bicyclic) bond motifs is 2. The molecule has 0 bridgehead atoms. The van der Waals surface area contributed by atoms with E-state index in [1.165, 1.54) is 11.1 Å². The molecule has 3 aromatic rings. The summed E-state index contributed by atoms with van der Waals surface area (Å²) in [5.74, 6) is 0.300. The Morgan fingerprint density at radius 1 is 1.17 bits per heavy atom. The molecule has 3 aliphatic rings. The first-order valence-electron chi connectivity index (χ1n) is 16.7. The fourth-order valence-electron chi connectivity index (χ4n) is 6.45. The fourth-order valence-corrected chi connectivity index (χ4v) is 7.60. The Labute approximate surface area is 284 Å². The van der Waals surface area contributed by atoms with Crippen molar-refractivity contribution >= 4 is 37.7 Å². The van der Waals surface area contributed by atoms with E-state index in [9.17, 15) is 9.59 Å². The van der Waals surface area contributed by atoms with Crippen molar-refractivity contribution in [1.29, 1.82) is 0 Å². The number of carbonyl (C=O) groups excluding carboxylic acids is 2. The van der Waals surface area contributed by atoms with E-state index in [1.807, 2.05) is 23.1 Å². The van der Waals surface area contributed by atoms with Gasteiger partial charge in [-0.3, -0.25) is 9.59 Å². The van der Waals surface area contributed by atoms with Crippen LogP contribution in [-0.4, -0.2) is 72.2 Å². The smallest absolute Gasteiger partial charge is 0.254 e. The van der Waals surface area contributed by atoms with Crippen molar-refractivity contribution in [3.8, 4) is 11.3 Å². The third-order valence-corrected chi connectivity index (χ3v) is 15.2. The van der Waals surface area contributed by atoms with Crippen LogP contribution in [0, 0.1) is 0 Å². The molecule has 1 aromatic heterocycles. The number of nitrogens with one attached hydrogen (secondary N) is 1. The van der Waals surface area contributed by atoms with E-state index < -0.39 is 8.32 Å². The number of carbonyl (C=O) groups is 2. The Hall–Kier alpha value is -3.31. The van der Waals surface area contributed by atoms with Crippen molar-refractivity contribution in [2.24, 2.45) is 0 Å². The number of hydrogen-bond acceptors (Lipinski definition) is 7. The van der Waals surface area contributed by atoms with Crippen LogP contribution in [0.3, 0.4) is 0 Å². The third-order valence-electron chi connectivity index (χ3n) is 10.4. The summed E-state index contributed by atoms with van der Waals surface area (Å²) < 4.78 is 12.0. The molecule has 9 nitrogen and oxygen atoms in total. The molecule has 2 aromatic carbocycles. The minimum absolute atomic E-state index is 0.0319. The number of aromatic nitrogens is 2. The summed E-state index contributed by atoms with van der Waals surface area (Å²) in [6, 6.07) is 12.2. The van der Waals surface area contributed by atoms with Gasteiger partial charge in [-0.2, -0.15) is 0 Å². The number of ether oxygens (including phenoxy) is 1. The first-order valence-corrected chi connectivity index (χ1v) is 19.9. The zero-order valence-corrected chi connectivity index (χ0v) is 30.1. The van der Waals surface area contributed by atoms with Crippen molar-refractivity contribution in [3.63, 3.8) is 0 Å². The standard InChI is InChI=1S/C36H46ClN5O4Si/c1-23-28-9-7-8-26(22-46-47(5,6)36(2,3)4)29(28)12-15-42(23)32(43)21-41-20-25-11-10-24(18-30(25)34(41)44)33-31(37)19-38-35(40-33)39-27-13-16-45-17-14-27/h7-11,18-19,23,27H,12-17,20-22H2,1-6H3,(H,38,39,40). The zero-order chi connectivity index (χ0) is 33.5. The lowest BCUT2D eigenvalue weighted by atomic mass is 9.90. The molecule has 1 N–H and O–H groups in total. The van der Waals surface area contributed by atoms with Crippen LogP contribution in [0.4, 0.5) is 5.95 Å². The monoisotopic (exact) mass is 675 g/mol. The molecule has 250 valence electrons. The molecule has 6 rings (SSSR count). The van der Waals surface area contributed by atoms with Crippen LogP contribution in [0.25, 0.3) is 11.3 Å². The average Bonchev–Trinajstić information content (AvgIpc) is 3.35. The minimum atomic E-state index is -1.89. The first kappa shape index (κ1) is 33.6. The number of rotatable bonds is 8. The molecule has 4 heterocycles. The lowest BCUT2D eigenvalue weighted by Gasteiger charge is -2.38. The summed E-state index contributed by atoms with van der Waals surface area (Å²) in [4.78, 5) is 40.0. The van der Waals surface area contributed by atoms with E-state index in [0.717, 1.165) is 36.0 Å². The molecule has 0 aliphatic carbocycles. The Morgan fingerprint density at radius 2 is 1.94 bits per heavy atom. The maximum absolute atomic E-state index is 13.7. The molecule has 0 spiro atoms. The summed E-state index contributed by atoms with van der Waals surface area (Å²) in [7, 11) is -1.89. The van der Waals surface area contributed by atoms with Crippen molar-refractivity contribution < 1.29 is 18.8 Å². The highest BCUT2D eigenvalue weighted by molar-refractivity contribution is 6.74. The van der Waals surface area contributed by atoms with Gasteiger partial charge in [0.15, 0.2) is 8.32 Å². The second-order valence-corrected chi connectivity index (χ2v) is 19.7. The van der Waals surface area contributed by atoms with Gasteiger partial charge in [0.05, 0.1) is 29.6 Å². The number of anilines is 1. The maximum Gasteiger partial charge on any atom is 0.254 e. The number of amides is 2. The van der Waals surface area contributed by atoms with Crippen molar-refractivity contribution in [2.75, 3.05) is 31.6 Å². The quantitative estimate of drug-likeness (QED) is 0.257. The van der Waals surface area contributed by atoms with E-state index in [0.29, 0.717) is 55.1 Å². The summed E-state index contributed by atoms with van der Waals surface area (Å²) in [6.07, 6.45) is 4.14. The van der Waals surface area contributed by atoms with Gasteiger partial charge in [-0.15, -0.1) is 0 Å². The Balaban J connectivity index is 1.12. The van der Waals surface area contributed by atoms with Gasteiger partial charge in [0, 0.05) is 43.5 Å². The highest BCUT2D eigenvalue weighted by Crippen LogP contribution is 2.39. The van der Waals surface area contributed by atoms with Crippen LogP contribution in [0.1, 0.15) is 79.2 Å². The highest BCUT2D eigenvalue weighted by atomic mass is 35.5. The SMILES string of the molecule is CC1c2cccc(CO[Si](C)(C)C(C)(C)C)c2CCN1C(=O)CN1Cc2ccc(-c3nc(NC4CCOCC4)ncc3Cl)cc2C1=O. The molecule has 1 fully saturated rings. The molecule has 1 saturated heterocycles. The highest BCUT2D eigenvalue weighted by Gasteiger charge is 2.38. The van der Waals surface area contributed by atoms with E-state index in [4.69, 9.17) is 25.7 Å². The predicted molar refractivity (Wildman–Crippen MR) is 187 cm³/mol. The van der Waals surface area contributed by atoms with Crippen molar-refractivity contribution in [2.45, 2.75) is 90.3 Å². The average molecular weight is 676 g/mol. The van der Waals surface area contributed by atoms with Gasteiger partial charge < -0.3 is 24.3 Å². The predicted octanol–water partition coefficient (Wildman–Crippen LogP) is 7.01. The second kappa shape index (κ2) is 13.3. The van der Waals surface area contributed by atoms with E-state index >= 15 is 0 Å². The molecule has 11 heteroatoms. The number of halogens is 1. The fraction of sp³-hybridized carbons (Fsp3) is 0.500. The number of nitrogens with zero attached hydrogens (tertiary/aromatic N) is 4. The second-order valence-electron chi connectivity index (χ2n) is 14.5. The van der Waals surface area contributed by atoms with E-state index in [1.54, 1.807) is 11.1 Å². The minimum Gasteiger partial charge on any atom is -0.413 e. The van der Waals surface area contributed by atoms with Gasteiger partial charge in [0.1, 0.15) is 6.54 Å². The van der Waals surface area contributed by atoms with Crippen LogP contribution in [-0.2, 0) is 33.5 Å². The molecule has 3 aliphatic heterocycles. The molecule has 2 amide bonds. The van der Waals surface area contributed by atoms with Crippen LogP contribution in [0.2, 0.25) is 23.2 Å². The molecule has 0 radical (unpaired) electrons. The Morgan fingerprint density at radius 3 is 2.68 bits per heavy atom. The van der Waals surface area contributed by atoms with Crippen LogP contribution < -0.4 is 5.32 Å². The van der Waals surface area contributed by atoms with Crippen molar-refractivity contribution in [1.82, 2.24) is 19.8 Å². The topological polar surface area (TPSA) is 96.9 Å². The normalized spacial score (nSPS) is 18.7. The zero-order valence-electron chi connectivity index (χ0n) is 28.4. The molecule has 1 atom stereocenters. The lowest BCUT2D eigenvalue weighted by molar-refractivity contribution is -0.134. The third kappa shape index (κ3) is 6.97. The van der Waals surface area contributed by atoms with Gasteiger partial charge in [0.25, 0.3) is 5.91 Å². The van der Waals surface area contributed by atoms with Gasteiger partial charge >= 0.3 is 0 Å². The number of hydrogen-bond donors (Lipinski definition) is 1. The first-order chi connectivity index (χ1) is 22.3. The summed E-state index contributed by atoms with van der Waals surface area (Å²) in [5, 5.41) is 3.94. The Kier molecular flexibility index (Phi) is 9.50. The molecule has 1 unspecified atom stereocenters. The lowest BCUT2D eigenvalue weighted by Crippen LogP contribution is -2.45. The van der Waals surface area contributed by atoms with Crippen LogP contribution in [0.15, 0.2) is 42.6 Å². The molecule has 47 heavy (non-hydrogen) atoms.